The van der Waals surface area contributed by atoms with Gasteiger partial charge in [0.25, 0.3) is 0 Å². The molecule has 0 heterocycles. The van der Waals surface area contributed by atoms with Gasteiger partial charge in [0.15, 0.2) is 0 Å². The number of halogens is 1. The molecular formula is C9H8ClNO3. The predicted octanol–water partition coefficient (Wildman–Crippen LogP) is 1.93. The van der Waals surface area contributed by atoms with Crippen LogP contribution in [0.1, 0.15) is 15.9 Å². The lowest BCUT2D eigenvalue weighted by atomic mass is 10.1. The number of nitrogens with zero attached hydrogens (tertiary/aromatic N) is 1. The Hall–Kier alpha value is -1.55. The second kappa shape index (κ2) is 4.62. The number of carbonyl (C=O) groups excluding carboxylic acids is 1. The van der Waals surface area contributed by atoms with Crippen molar-refractivity contribution in [1.29, 1.82) is 0 Å². The number of hydrogen-bond acceptors (Lipinski definition) is 4. The average molecular weight is 214 g/mol. The van der Waals surface area contributed by atoms with Crippen LogP contribution < -0.4 is 0 Å². The van der Waals surface area contributed by atoms with E-state index in [9.17, 15) is 4.79 Å². The van der Waals surface area contributed by atoms with Crippen LogP contribution in [-0.2, 0) is 4.74 Å². The summed E-state index contributed by atoms with van der Waals surface area (Å²) in [6, 6.07) is 4.63. The molecule has 1 rings (SSSR count). The van der Waals surface area contributed by atoms with Gasteiger partial charge < -0.3 is 9.94 Å². The van der Waals surface area contributed by atoms with Crippen molar-refractivity contribution in [2.45, 2.75) is 0 Å². The molecule has 1 aromatic carbocycles. The molecule has 0 radical (unpaired) electrons. The van der Waals surface area contributed by atoms with E-state index in [-0.39, 0.29) is 5.56 Å². The molecule has 1 N–H and O–H groups in total. The fraction of sp³-hybridized carbons (Fsp3) is 0.111. The van der Waals surface area contributed by atoms with Crippen LogP contribution in [0.4, 0.5) is 0 Å². The van der Waals surface area contributed by atoms with Crippen LogP contribution in [-0.4, -0.2) is 24.5 Å². The van der Waals surface area contributed by atoms with Gasteiger partial charge in [-0.2, -0.15) is 0 Å². The highest BCUT2D eigenvalue weighted by Gasteiger charge is 2.10. The number of hydrogen-bond donors (Lipinski definition) is 1. The molecule has 0 saturated carbocycles. The second-order valence-corrected chi connectivity index (χ2v) is 2.88. The van der Waals surface area contributed by atoms with Crippen molar-refractivity contribution in [2.75, 3.05) is 7.11 Å². The first-order valence-corrected chi connectivity index (χ1v) is 4.12. The summed E-state index contributed by atoms with van der Waals surface area (Å²) in [6.07, 6.45) is 1.20. The summed E-state index contributed by atoms with van der Waals surface area (Å²) < 4.78 is 4.52. The number of oxime groups is 1. The molecule has 0 amide bonds. The Labute approximate surface area is 85.7 Å². The van der Waals surface area contributed by atoms with E-state index in [0.29, 0.717) is 10.6 Å². The largest absolute Gasteiger partial charge is 0.465 e. The fourth-order valence-corrected chi connectivity index (χ4v) is 1.15. The van der Waals surface area contributed by atoms with E-state index in [1.807, 2.05) is 0 Å². The van der Waals surface area contributed by atoms with Gasteiger partial charge in [-0.1, -0.05) is 22.8 Å². The average Bonchev–Trinajstić information content (AvgIpc) is 2.20. The van der Waals surface area contributed by atoms with Gasteiger partial charge in [0.1, 0.15) is 0 Å². The molecule has 0 aliphatic rings. The Morgan fingerprint density at radius 2 is 2.36 bits per heavy atom. The Morgan fingerprint density at radius 1 is 1.64 bits per heavy atom. The van der Waals surface area contributed by atoms with Crippen LogP contribution in [0.2, 0.25) is 5.02 Å². The Bertz CT molecular complexity index is 376. The third-order valence-corrected chi connectivity index (χ3v) is 1.93. The molecule has 0 bridgehead atoms. The molecule has 0 unspecified atom stereocenters. The van der Waals surface area contributed by atoms with Gasteiger partial charge in [-0.3, -0.25) is 0 Å². The van der Waals surface area contributed by atoms with Crippen molar-refractivity contribution < 1.29 is 14.7 Å². The summed E-state index contributed by atoms with van der Waals surface area (Å²) in [6.45, 7) is 0. The highest BCUT2D eigenvalue weighted by molar-refractivity contribution is 6.33. The standard InChI is InChI=1S/C9H8ClNO3/c1-14-9(12)7-4-6(5-11-13)2-3-8(7)10/h2-5,13H,1H3. The minimum absolute atomic E-state index is 0.242. The van der Waals surface area contributed by atoms with Crippen molar-refractivity contribution in [3.63, 3.8) is 0 Å². The normalized spacial score (nSPS) is 10.4. The van der Waals surface area contributed by atoms with E-state index in [1.54, 1.807) is 6.07 Å². The van der Waals surface area contributed by atoms with Gasteiger partial charge in [-0.05, 0) is 17.7 Å². The number of ether oxygens (including phenoxy) is 1. The van der Waals surface area contributed by atoms with Crippen molar-refractivity contribution in [2.24, 2.45) is 5.16 Å². The van der Waals surface area contributed by atoms with E-state index >= 15 is 0 Å². The first-order chi connectivity index (χ1) is 6.69. The number of benzene rings is 1. The monoisotopic (exact) mass is 213 g/mol. The van der Waals surface area contributed by atoms with Crippen LogP contribution in [0.15, 0.2) is 23.4 Å². The molecule has 5 heteroatoms. The summed E-state index contributed by atoms with van der Waals surface area (Å²) in [5.41, 5.74) is 0.809. The zero-order valence-corrected chi connectivity index (χ0v) is 8.15. The summed E-state index contributed by atoms with van der Waals surface area (Å²) in [5.74, 6) is -0.525. The Kier molecular flexibility index (Phi) is 3.48. The zero-order chi connectivity index (χ0) is 10.6. The molecule has 0 spiro atoms. The Morgan fingerprint density at radius 3 is 2.93 bits per heavy atom. The van der Waals surface area contributed by atoms with E-state index in [1.165, 1.54) is 25.5 Å². The minimum Gasteiger partial charge on any atom is -0.465 e. The quantitative estimate of drug-likeness (QED) is 0.354. The first-order valence-electron chi connectivity index (χ1n) is 3.74. The molecule has 0 atom stereocenters. The van der Waals surface area contributed by atoms with Crippen LogP contribution in [0.3, 0.4) is 0 Å². The molecule has 14 heavy (non-hydrogen) atoms. The highest BCUT2D eigenvalue weighted by Crippen LogP contribution is 2.17. The maximum Gasteiger partial charge on any atom is 0.339 e. The van der Waals surface area contributed by atoms with Crippen molar-refractivity contribution >= 4 is 23.8 Å². The summed E-state index contributed by atoms with van der Waals surface area (Å²) >= 11 is 5.76. The SMILES string of the molecule is COC(=O)c1cc(C=NO)ccc1Cl. The summed E-state index contributed by atoms with van der Waals surface area (Å²) in [4.78, 5) is 11.2. The van der Waals surface area contributed by atoms with E-state index in [4.69, 9.17) is 16.8 Å². The van der Waals surface area contributed by atoms with Crippen molar-refractivity contribution in [1.82, 2.24) is 0 Å². The maximum atomic E-state index is 11.2. The topological polar surface area (TPSA) is 58.9 Å². The van der Waals surface area contributed by atoms with Crippen molar-refractivity contribution in [3.05, 3.63) is 34.3 Å². The number of carbonyl (C=O) groups is 1. The first kappa shape index (κ1) is 10.5. The van der Waals surface area contributed by atoms with Crippen LogP contribution in [0.25, 0.3) is 0 Å². The van der Waals surface area contributed by atoms with Gasteiger partial charge in [0.2, 0.25) is 0 Å². The summed E-state index contributed by atoms with van der Waals surface area (Å²) in [5, 5.41) is 11.4. The van der Waals surface area contributed by atoms with E-state index in [0.717, 1.165) is 0 Å². The lowest BCUT2D eigenvalue weighted by Gasteiger charge is -2.02. The van der Waals surface area contributed by atoms with Crippen LogP contribution >= 0.6 is 11.6 Å². The number of methoxy groups -OCH3 is 1. The summed E-state index contributed by atoms with van der Waals surface area (Å²) in [7, 11) is 1.27. The lowest BCUT2D eigenvalue weighted by Crippen LogP contribution is -2.02. The van der Waals surface area contributed by atoms with Crippen LogP contribution in [0.5, 0.6) is 0 Å². The highest BCUT2D eigenvalue weighted by atomic mass is 35.5. The number of esters is 1. The Balaban J connectivity index is 3.14. The maximum absolute atomic E-state index is 11.2. The molecule has 74 valence electrons. The minimum atomic E-state index is -0.525. The molecule has 0 aromatic heterocycles. The van der Waals surface area contributed by atoms with Gasteiger partial charge in [0.05, 0.1) is 23.9 Å². The predicted molar refractivity (Wildman–Crippen MR) is 52.2 cm³/mol. The van der Waals surface area contributed by atoms with Gasteiger partial charge in [-0.15, -0.1) is 0 Å². The van der Waals surface area contributed by atoms with Gasteiger partial charge in [0, 0.05) is 0 Å². The molecular weight excluding hydrogens is 206 g/mol. The van der Waals surface area contributed by atoms with E-state index in [2.05, 4.69) is 9.89 Å². The zero-order valence-electron chi connectivity index (χ0n) is 7.40. The van der Waals surface area contributed by atoms with E-state index < -0.39 is 5.97 Å². The molecule has 4 nitrogen and oxygen atoms in total. The lowest BCUT2D eigenvalue weighted by molar-refractivity contribution is 0.0601. The molecule has 0 aliphatic carbocycles. The molecule has 1 aromatic rings. The molecule has 0 fully saturated rings. The van der Waals surface area contributed by atoms with Gasteiger partial charge in [-0.25, -0.2) is 4.79 Å². The molecule has 0 saturated heterocycles. The second-order valence-electron chi connectivity index (χ2n) is 2.48. The van der Waals surface area contributed by atoms with Crippen molar-refractivity contribution in [3.8, 4) is 0 Å². The fourth-order valence-electron chi connectivity index (χ4n) is 0.956. The van der Waals surface area contributed by atoms with Crippen LogP contribution in [0, 0.1) is 0 Å². The molecule has 0 aliphatic heterocycles. The smallest absolute Gasteiger partial charge is 0.339 e. The van der Waals surface area contributed by atoms with Gasteiger partial charge >= 0.3 is 5.97 Å². The number of rotatable bonds is 2. The third kappa shape index (κ3) is 2.23. The third-order valence-electron chi connectivity index (χ3n) is 1.60.